The van der Waals surface area contributed by atoms with Crippen LogP contribution >= 0.6 is 0 Å². The monoisotopic (exact) mass is 284 g/mol. The first-order chi connectivity index (χ1) is 10.1. The van der Waals surface area contributed by atoms with E-state index in [1.807, 2.05) is 12.3 Å². The molecule has 5 nitrogen and oxygen atoms in total. The molecule has 2 heterocycles. The van der Waals surface area contributed by atoms with Crippen molar-refractivity contribution in [2.24, 2.45) is 5.73 Å². The summed E-state index contributed by atoms with van der Waals surface area (Å²) in [5, 5.41) is 5.04. The lowest BCUT2D eigenvalue weighted by Gasteiger charge is -2.01. The minimum absolute atomic E-state index is 0.246. The summed E-state index contributed by atoms with van der Waals surface area (Å²) in [5.41, 5.74) is 7.50. The number of aryl methyl sites for hydroxylation is 1. The summed E-state index contributed by atoms with van der Waals surface area (Å²) in [6.45, 7) is 0.446. The highest BCUT2D eigenvalue weighted by atomic mass is 19.1. The summed E-state index contributed by atoms with van der Waals surface area (Å²) < 4.78 is 14.8. The van der Waals surface area contributed by atoms with Crippen LogP contribution in [0.25, 0.3) is 22.0 Å². The van der Waals surface area contributed by atoms with Crippen molar-refractivity contribution in [3.05, 3.63) is 48.7 Å². The standard InChI is InChI=1S/C15H13FN4O/c16-13-2-1-10-5-11(7-18-14(10)6-13)12-8-19-20(9-12)4-3-15(17)21/h1-2,5-9H,3-4H2,(H2,17,21). The van der Waals surface area contributed by atoms with E-state index in [4.69, 9.17) is 5.73 Å². The van der Waals surface area contributed by atoms with Crippen LogP contribution in [0, 0.1) is 5.82 Å². The smallest absolute Gasteiger partial charge is 0.219 e. The van der Waals surface area contributed by atoms with Gasteiger partial charge in [0.05, 0.1) is 11.7 Å². The molecule has 2 aromatic heterocycles. The van der Waals surface area contributed by atoms with Crippen molar-refractivity contribution < 1.29 is 9.18 Å². The first-order valence-electron chi connectivity index (χ1n) is 6.48. The van der Waals surface area contributed by atoms with Gasteiger partial charge in [-0.3, -0.25) is 14.5 Å². The number of primary amides is 1. The number of pyridine rings is 1. The average Bonchev–Trinajstić information content (AvgIpc) is 2.93. The highest BCUT2D eigenvalue weighted by Crippen LogP contribution is 2.22. The Morgan fingerprint density at radius 2 is 2.10 bits per heavy atom. The van der Waals surface area contributed by atoms with E-state index in [9.17, 15) is 9.18 Å². The van der Waals surface area contributed by atoms with Crippen LogP contribution in [-0.2, 0) is 11.3 Å². The minimum atomic E-state index is -0.360. The van der Waals surface area contributed by atoms with Gasteiger partial charge in [0.25, 0.3) is 0 Å². The van der Waals surface area contributed by atoms with Crippen molar-refractivity contribution in [2.75, 3.05) is 0 Å². The molecule has 2 N–H and O–H groups in total. The summed E-state index contributed by atoms with van der Waals surface area (Å²) in [4.78, 5) is 15.0. The van der Waals surface area contributed by atoms with Crippen LogP contribution in [0.1, 0.15) is 6.42 Å². The predicted octanol–water partition coefficient (Wildman–Crippen LogP) is 2.11. The molecule has 0 atom stereocenters. The molecule has 0 spiro atoms. The van der Waals surface area contributed by atoms with E-state index in [1.165, 1.54) is 12.1 Å². The van der Waals surface area contributed by atoms with Crippen LogP contribution in [-0.4, -0.2) is 20.7 Å². The maximum Gasteiger partial charge on any atom is 0.219 e. The number of hydrogen-bond acceptors (Lipinski definition) is 3. The van der Waals surface area contributed by atoms with E-state index >= 15 is 0 Å². The Kier molecular flexibility index (Phi) is 3.35. The molecular weight excluding hydrogens is 271 g/mol. The molecule has 1 amide bonds. The number of nitrogens with two attached hydrogens (primary N) is 1. The lowest BCUT2D eigenvalue weighted by atomic mass is 10.1. The largest absolute Gasteiger partial charge is 0.370 e. The molecule has 0 saturated carbocycles. The van der Waals surface area contributed by atoms with Crippen LogP contribution in [0.2, 0.25) is 0 Å². The Morgan fingerprint density at radius 1 is 1.24 bits per heavy atom. The number of benzene rings is 1. The van der Waals surface area contributed by atoms with E-state index in [0.29, 0.717) is 12.1 Å². The van der Waals surface area contributed by atoms with Gasteiger partial charge in [0.15, 0.2) is 0 Å². The first-order valence-corrected chi connectivity index (χ1v) is 6.48. The molecule has 3 rings (SSSR count). The normalized spacial score (nSPS) is 10.9. The molecule has 21 heavy (non-hydrogen) atoms. The van der Waals surface area contributed by atoms with E-state index in [-0.39, 0.29) is 18.1 Å². The second-order valence-corrected chi connectivity index (χ2v) is 4.77. The topological polar surface area (TPSA) is 73.8 Å². The molecule has 0 saturated heterocycles. The van der Waals surface area contributed by atoms with Crippen LogP contribution in [0.5, 0.6) is 0 Å². The highest BCUT2D eigenvalue weighted by Gasteiger charge is 2.05. The molecule has 0 fully saturated rings. The molecule has 0 aliphatic heterocycles. The Bertz CT molecular complexity index is 812. The van der Waals surface area contributed by atoms with Gasteiger partial charge < -0.3 is 5.73 Å². The molecule has 106 valence electrons. The fourth-order valence-electron chi connectivity index (χ4n) is 2.11. The molecule has 0 aliphatic carbocycles. The number of nitrogens with zero attached hydrogens (tertiary/aromatic N) is 3. The van der Waals surface area contributed by atoms with Crippen molar-refractivity contribution in [1.29, 1.82) is 0 Å². The Hall–Kier alpha value is -2.76. The number of rotatable bonds is 4. The van der Waals surface area contributed by atoms with E-state index in [1.54, 1.807) is 23.1 Å². The van der Waals surface area contributed by atoms with Gasteiger partial charge in [0.2, 0.25) is 5.91 Å². The zero-order chi connectivity index (χ0) is 14.8. The van der Waals surface area contributed by atoms with Crippen LogP contribution < -0.4 is 5.73 Å². The van der Waals surface area contributed by atoms with Crippen molar-refractivity contribution in [1.82, 2.24) is 14.8 Å². The van der Waals surface area contributed by atoms with Gasteiger partial charge in [-0.2, -0.15) is 5.10 Å². The quantitative estimate of drug-likeness (QED) is 0.797. The number of hydrogen-bond donors (Lipinski definition) is 1. The summed E-state index contributed by atoms with van der Waals surface area (Å²) >= 11 is 0. The number of carbonyl (C=O) groups excluding carboxylic acids is 1. The lowest BCUT2D eigenvalue weighted by Crippen LogP contribution is -2.13. The second kappa shape index (κ2) is 5.32. The lowest BCUT2D eigenvalue weighted by molar-refractivity contribution is -0.118. The molecule has 6 heteroatoms. The molecule has 3 aromatic rings. The van der Waals surface area contributed by atoms with Gasteiger partial charge >= 0.3 is 0 Å². The molecule has 1 aromatic carbocycles. The Balaban J connectivity index is 1.89. The van der Waals surface area contributed by atoms with E-state index < -0.39 is 0 Å². The summed E-state index contributed by atoms with van der Waals surface area (Å²) in [7, 11) is 0. The number of carbonyl (C=O) groups is 1. The number of amides is 1. The Morgan fingerprint density at radius 3 is 2.90 bits per heavy atom. The first kappa shape index (κ1) is 13.2. The van der Waals surface area contributed by atoms with Gasteiger partial charge in [0.1, 0.15) is 5.82 Å². The van der Waals surface area contributed by atoms with Gasteiger partial charge in [-0.1, -0.05) is 0 Å². The summed E-state index contributed by atoms with van der Waals surface area (Å²) in [6, 6.07) is 6.43. The molecular formula is C15H13FN4O. The van der Waals surface area contributed by atoms with Crippen LogP contribution in [0.3, 0.4) is 0 Å². The summed E-state index contributed by atoms with van der Waals surface area (Å²) in [6.07, 6.45) is 5.45. The van der Waals surface area contributed by atoms with Gasteiger partial charge in [-0.05, 0) is 18.2 Å². The molecule has 0 bridgehead atoms. The van der Waals surface area contributed by atoms with Gasteiger partial charge in [-0.15, -0.1) is 0 Å². The Labute approximate surface area is 120 Å². The zero-order valence-corrected chi connectivity index (χ0v) is 11.2. The number of aromatic nitrogens is 3. The highest BCUT2D eigenvalue weighted by molar-refractivity contribution is 5.83. The maximum absolute atomic E-state index is 13.1. The molecule has 0 radical (unpaired) electrons. The van der Waals surface area contributed by atoms with Gasteiger partial charge in [-0.25, -0.2) is 4.39 Å². The van der Waals surface area contributed by atoms with Gasteiger partial charge in [0, 0.05) is 47.9 Å². The third-order valence-corrected chi connectivity index (χ3v) is 3.20. The van der Waals surface area contributed by atoms with Crippen molar-refractivity contribution in [3.63, 3.8) is 0 Å². The maximum atomic E-state index is 13.1. The molecule has 0 unspecified atom stereocenters. The predicted molar refractivity (Wildman–Crippen MR) is 76.7 cm³/mol. The van der Waals surface area contributed by atoms with E-state index in [2.05, 4.69) is 10.1 Å². The third kappa shape index (κ3) is 2.89. The number of halogens is 1. The van der Waals surface area contributed by atoms with Crippen molar-refractivity contribution in [3.8, 4) is 11.1 Å². The summed E-state index contributed by atoms with van der Waals surface area (Å²) in [5.74, 6) is -0.663. The average molecular weight is 284 g/mol. The SMILES string of the molecule is NC(=O)CCn1cc(-c2cnc3cc(F)ccc3c2)cn1. The van der Waals surface area contributed by atoms with Crippen LogP contribution in [0.15, 0.2) is 42.9 Å². The van der Waals surface area contributed by atoms with Crippen LogP contribution in [0.4, 0.5) is 4.39 Å². The molecule has 0 aliphatic rings. The van der Waals surface area contributed by atoms with Crippen molar-refractivity contribution in [2.45, 2.75) is 13.0 Å². The third-order valence-electron chi connectivity index (χ3n) is 3.20. The van der Waals surface area contributed by atoms with E-state index in [0.717, 1.165) is 16.5 Å². The number of fused-ring (bicyclic) bond motifs is 1. The fourth-order valence-corrected chi connectivity index (χ4v) is 2.11. The fraction of sp³-hybridized carbons (Fsp3) is 0.133. The zero-order valence-electron chi connectivity index (χ0n) is 11.2. The second-order valence-electron chi connectivity index (χ2n) is 4.77. The minimum Gasteiger partial charge on any atom is -0.370 e. The van der Waals surface area contributed by atoms with Crippen molar-refractivity contribution >= 4 is 16.8 Å².